The van der Waals surface area contributed by atoms with Crippen molar-refractivity contribution in [3.8, 4) is 0 Å². The molecule has 1 aliphatic heterocycles. The van der Waals surface area contributed by atoms with E-state index < -0.39 is 0 Å². The summed E-state index contributed by atoms with van der Waals surface area (Å²) in [6.07, 6.45) is 9.35. The van der Waals surface area contributed by atoms with Gasteiger partial charge in [-0.05, 0) is 42.4 Å². The Balaban J connectivity index is 1.61. The number of rotatable bonds is 1. The van der Waals surface area contributed by atoms with Crippen LogP contribution in [0.3, 0.4) is 0 Å². The van der Waals surface area contributed by atoms with Crippen LogP contribution in [0.15, 0.2) is 23.8 Å². The topological polar surface area (TPSA) is 43.4 Å². The van der Waals surface area contributed by atoms with Crippen LogP contribution < -0.4 is 0 Å². The molecule has 6 rings (SSSR count). The summed E-state index contributed by atoms with van der Waals surface area (Å²) < 4.78 is 4.88. The molecule has 1 saturated heterocycles. The van der Waals surface area contributed by atoms with E-state index in [-0.39, 0.29) is 35.6 Å². The zero-order valence-electron chi connectivity index (χ0n) is 9.91. The average Bonchev–Trinajstić information content (AvgIpc) is 3.07. The molecule has 5 aliphatic carbocycles. The highest BCUT2D eigenvalue weighted by atomic mass is 16.6. The maximum Gasteiger partial charge on any atom is 0.318 e. The van der Waals surface area contributed by atoms with Crippen molar-refractivity contribution in [1.29, 1.82) is 0 Å². The van der Waals surface area contributed by atoms with Gasteiger partial charge in [-0.15, -0.1) is 0 Å². The first-order chi connectivity index (χ1) is 8.75. The van der Waals surface area contributed by atoms with Crippen molar-refractivity contribution in [2.24, 2.45) is 41.4 Å². The van der Waals surface area contributed by atoms with Gasteiger partial charge in [-0.25, -0.2) is 0 Å². The minimum Gasteiger partial charge on any atom is -0.393 e. The Morgan fingerprint density at radius 2 is 1.56 bits per heavy atom. The highest BCUT2D eigenvalue weighted by Crippen LogP contribution is 2.64. The second-order valence-electron chi connectivity index (χ2n) is 6.38. The lowest BCUT2D eigenvalue weighted by molar-refractivity contribution is -0.154. The van der Waals surface area contributed by atoms with Crippen LogP contribution in [0, 0.1) is 41.4 Å². The minimum absolute atomic E-state index is 0.184. The maximum absolute atomic E-state index is 11.9. The number of esters is 2. The monoisotopic (exact) mass is 242 g/mol. The second kappa shape index (κ2) is 2.79. The number of ether oxygens (including phenoxy) is 1. The molecule has 92 valence electrons. The number of cyclic esters (lactones) is 2. The summed E-state index contributed by atoms with van der Waals surface area (Å²) in [5, 5.41) is 0. The molecule has 6 atom stereocenters. The lowest BCUT2D eigenvalue weighted by atomic mass is 9.47. The van der Waals surface area contributed by atoms with Gasteiger partial charge in [0.05, 0.1) is 11.8 Å². The SMILES string of the molecule is O=C1OC(=O)[C@@H]2[C@H]3C=C[C@@H]([C@H]4C=C(C5CC5)[C@@H]43)[C@@H]12. The number of hydrogen-bond donors (Lipinski definition) is 0. The summed E-state index contributed by atoms with van der Waals surface area (Å²) in [5.74, 6) is 1.33. The number of carbonyl (C=O) groups is 2. The normalized spacial score (nSPS) is 51.4. The molecule has 6 aliphatic rings. The van der Waals surface area contributed by atoms with E-state index in [2.05, 4.69) is 18.2 Å². The van der Waals surface area contributed by atoms with Crippen molar-refractivity contribution in [1.82, 2.24) is 0 Å². The van der Waals surface area contributed by atoms with Crippen molar-refractivity contribution >= 4 is 11.9 Å². The first-order valence-corrected chi connectivity index (χ1v) is 6.91. The zero-order chi connectivity index (χ0) is 12.0. The van der Waals surface area contributed by atoms with Crippen molar-refractivity contribution in [2.75, 3.05) is 0 Å². The molecule has 0 amide bonds. The van der Waals surface area contributed by atoms with Crippen LogP contribution in [0.1, 0.15) is 12.8 Å². The molecule has 3 fully saturated rings. The molecular weight excluding hydrogens is 228 g/mol. The van der Waals surface area contributed by atoms with Crippen LogP contribution in [0.5, 0.6) is 0 Å². The minimum atomic E-state index is -0.281. The summed E-state index contributed by atoms with van der Waals surface area (Å²) in [6.45, 7) is 0. The van der Waals surface area contributed by atoms with Crippen LogP contribution in [0.2, 0.25) is 0 Å². The van der Waals surface area contributed by atoms with Gasteiger partial charge in [0.2, 0.25) is 0 Å². The molecule has 0 aromatic carbocycles. The molecule has 3 heteroatoms. The summed E-state index contributed by atoms with van der Waals surface area (Å²) in [6, 6.07) is 0. The standard InChI is InChI=1S/C15H14O3/c16-14-12-7-3-4-8(13(12)15(17)18-14)11-9(5-10(7)11)6-1-2-6/h3-8,10-13H,1-2H2/t7-,8-,10+,11-,12+,13+/m0/s1. The van der Waals surface area contributed by atoms with Gasteiger partial charge in [0.15, 0.2) is 0 Å². The van der Waals surface area contributed by atoms with Gasteiger partial charge in [-0.3, -0.25) is 9.59 Å². The van der Waals surface area contributed by atoms with E-state index in [0.29, 0.717) is 11.8 Å². The lowest BCUT2D eigenvalue weighted by Gasteiger charge is -2.54. The van der Waals surface area contributed by atoms with Crippen LogP contribution in [0.4, 0.5) is 0 Å². The molecule has 0 radical (unpaired) electrons. The van der Waals surface area contributed by atoms with E-state index in [4.69, 9.17) is 4.74 Å². The Hall–Kier alpha value is -1.38. The quantitative estimate of drug-likeness (QED) is 0.399. The first kappa shape index (κ1) is 9.54. The van der Waals surface area contributed by atoms with E-state index in [1.54, 1.807) is 5.57 Å². The molecule has 0 spiro atoms. The van der Waals surface area contributed by atoms with Gasteiger partial charge in [-0.2, -0.15) is 0 Å². The molecule has 0 aromatic rings. The Morgan fingerprint density at radius 3 is 2.28 bits per heavy atom. The van der Waals surface area contributed by atoms with Gasteiger partial charge in [-0.1, -0.05) is 23.8 Å². The Kier molecular flexibility index (Phi) is 1.48. The third-order valence-corrected chi connectivity index (χ3v) is 5.61. The zero-order valence-corrected chi connectivity index (χ0v) is 9.91. The predicted octanol–water partition coefficient (Wildman–Crippen LogP) is 1.70. The third-order valence-electron chi connectivity index (χ3n) is 5.61. The molecule has 0 unspecified atom stereocenters. The first-order valence-electron chi connectivity index (χ1n) is 6.91. The summed E-state index contributed by atoms with van der Waals surface area (Å²) in [7, 11) is 0. The highest BCUT2D eigenvalue weighted by Gasteiger charge is 2.64. The van der Waals surface area contributed by atoms with Gasteiger partial charge >= 0.3 is 11.9 Å². The number of hydrogen-bond acceptors (Lipinski definition) is 3. The van der Waals surface area contributed by atoms with Gasteiger partial charge in [0.1, 0.15) is 0 Å². The van der Waals surface area contributed by atoms with Crippen LogP contribution >= 0.6 is 0 Å². The molecule has 18 heavy (non-hydrogen) atoms. The highest BCUT2D eigenvalue weighted by molar-refractivity contribution is 5.98. The molecule has 0 N–H and O–H groups in total. The second-order valence-corrected chi connectivity index (χ2v) is 6.38. The van der Waals surface area contributed by atoms with Gasteiger partial charge < -0.3 is 4.74 Å². The van der Waals surface area contributed by atoms with Crippen molar-refractivity contribution in [3.05, 3.63) is 23.8 Å². The van der Waals surface area contributed by atoms with Crippen LogP contribution in [0.25, 0.3) is 0 Å². The van der Waals surface area contributed by atoms with Gasteiger partial charge in [0.25, 0.3) is 0 Å². The van der Waals surface area contributed by atoms with E-state index in [1.165, 1.54) is 12.8 Å². The van der Waals surface area contributed by atoms with E-state index in [1.807, 2.05) is 0 Å². The average molecular weight is 242 g/mol. The van der Waals surface area contributed by atoms with Gasteiger partial charge in [0, 0.05) is 0 Å². The molecule has 2 saturated carbocycles. The Morgan fingerprint density at radius 1 is 0.889 bits per heavy atom. The molecule has 1 heterocycles. The third kappa shape index (κ3) is 0.909. The molecular formula is C15H14O3. The Labute approximate surface area is 105 Å². The number of allylic oxidation sites excluding steroid dienone is 4. The van der Waals surface area contributed by atoms with E-state index in [0.717, 1.165) is 5.92 Å². The largest absolute Gasteiger partial charge is 0.393 e. The lowest BCUT2D eigenvalue weighted by Crippen LogP contribution is -2.53. The fourth-order valence-electron chi connectivity index (χ4n) is 4.72. The fraction of sp³-hybridized carbons (Fsp3) is 0.600. The summed E-state index contributed by atoms with van der Waals surface area (Å²) in [5.41, 5.74) is 1.57. The van der Waals surface area contributed by atoms with Crippen molar-refractivity contribution in [2.45, 2.75) is 12.8 Å². The van der Waals surface area contributed by atoms with Crippen LogP contribution in [-0.2, 0) is 14.3 Å². The Bertz CT molecular complexity index is 540. The van der Waals surface area contributed by atoms with Crippen molar-refractivity contribution in [3.63, 3.8) is 0 Å². The fourth-order valence-corrected chi connectivity index (χ4v) is 4.72. The summed E-state index contributed by atoms with van der Waals surface area (Å²) in [4.78, 5) is 23.7. The van der Waals surface area contributed by atoms with E-state index >= 15 is 0 Å². The molecule has 3 nitrogen and oxygen atoms in total. The maximum atomic E-state index is 11.9. The van der Waals surface area contributed by atoms with Crippen LogP contribution in [-0.4, -0.2) is 11.9 Å². The predicted molar refractivity (Wildman–Crippen MR) is 62.0 cm³/mol. The van der Waals surface area contributed by atoms with Crippen molar-refractivity contribution < 1.29 is 14.3 Å². The van der Waals surface area contributed by atoms with E-state index in [9.17, 15) is 9.59 Å². The molecule has 2 bridgehead atoms. The number of carbonyl (C=O) groups excluding carboxylic acids is 2. The molecule has 0 aromatic heterocycles. The smallest absolute Gasteiger partial charge is 0.318 e. The summed E-state index contributed by atoms with van der Waals surface area (Å²) >= 11 is 0.